The molecule has 27 heavy (non-hydrogen) atoms. The van der Waals surface area contributed by atoms with E-state index in [0.717, 1.165) is 6.26 Å². The molecule has 0 saturated heterocycles. The Morgan fingerprint density at radius 3 is 2.15 bits per heavy atom. The molecule has 0 atom stereocenters. The Hall–Kier alpha value is -2.23. The molecule has 2 aromatic rings. The predicted octanol–water partition coefficient (Wildman–Crippen LogP) is 2.42. The predicted molar refractivity (Wildman–Crippen MR) is 104 cm³/mol. The van der Waals surface area contributed by atoms with E-state index in [2.05, 4.69) is 10.0 Å². The quantitative estimate of drug-likeness (QED) is 0.787. The van der Waals surface area contributed by atoms with Crippen LogP contribution in [0.4, 0.5) is 5.69 Å². The summed E-state index contributed by atoms with van der Waals surface area (Å²) in [6, 6.07) is 11.5. The van der Waals surface area contributed by atoms with Crippen molar-refractivity contribution in [2.45, 2.75) is 36.1 Å². The molecule has 2 rings (SSSR count). The van der Waals surface area contributed by atoms with Crippen LogP contribution in [0.3, 0.4) is 0 Å². The highest BCUT2D eigenvalue weighted by atomic mass is 32.2. The van der Waals surface area contributed by atoms with E-state index in [9.17, 15) is 21.6 Å². The first-order chi connectivity index (χ1) is 12.3. The van der Waals surface area contributed by atoms with Crippen LogP contribution in [0.15, 0.2) is 58.3 Å². The van der Waals surface area contributed by atoms with Gasteiger partial charge >= 0.3 is 0 Å². The largest absolute Gasteiger partial charge is 0.321 e. The van der Waals surface area contributed by atoms with E-state index in [0.29, 0.717) is 0 Å². The molecule has 0 fully saturated rings. The Morgan fingerprint density at radius 1 is 0.926 bits per heavy atom. The first kappa shape index (κ1) is 21.1. The molecular weight excluding hydrogens is 388 g/mol. The van der Waals surface area contributed by atoms with Crippen LogP contribution in [0.1, 0.15) is 31.1 Å². The second-order valence-electron chi connectivity index (χ2n) is 7.11. The molecule has 0 spiro atoms. The highest BCUT2D eigenvalue weighted by Crippen LogP contribution is 2.23. The molecule has 0 saturated carbocycles. The van der Waals surface area contributed by atoms with Gasteiger partial charge in [0.25, 0.3) is 5.91 Å². The summed E-state index contributed by atoms with van der Waals surface area (Å²) in [5, 5.41) is 2.54. The average molecular weight is 411 g/mol. The Morgan fingerprint density at radius 2 is 1.56 bits per heavy atom. The number of carbonyl (C=O) groups excluding carboxylic acids is 1. The lowest BCUT2D eigenvalue weighted by Gasteiger charge is -2.21. The smallest absolute Gasteiger partial charge is 0.255 e. The van der Waals surface area contributed by atoms with Crippen molar-refractivity contribution in [2.24, 2.45) is 0 Å². The van der Waals surface area contributed by atoms with Crippen molar-refractivity contribution >= 4 is 31.5 Å². The monoisotopic (exact) mass is 410 g/mol. The van der Waals surface area contributed by atoms with Crippen molar-refractivity contribution < 1.29 is 21.6 Å². The number of para-hydroxylation sites is 1. The van der Waals surface area contributed by atoms with Gasteiger partial charge in [0.15, 0.2) is 9.84 Å². The van der Waals surface area contributed by atoms with Crippen molar-refractivity contribution in [1.82, 2.24) is 4.72 Å². The third kappa shape index (κ3) is 5.62. The van der Waals surface area contributed by atoms with Crippen molar-refractivity contribution in [1.29, 1.82) is 0 Å². The third-order valence-corrected chi connectivity index (χ3v) is 6.32. The second-order valence-corrected chi connectivity index (χ2v) is 10.8. The van der Waals surface area contributed by atoms with Gasteiger partial charge < -0.3 is 5.32 Å². The van der Waals surface area contributed by atoms with Crippen LogP contribution in [0.5, 0.6) is 0 Å². The zero-order valence-corrected chi connectivity index (χ0v) is 17.1. The zero-order chi connectivity index (χ0) is 20.5. The highest BCUT2D eigenvalue weighted by Gasteiger charge is 2.25. The first-order valence-corrected chi connectivity index (χ1v) is 11.4. The Balaban J connectivity index is 2.38. The fraction of sp³-hybridized carbons (Fsp3) is 0.278. The number of benzene rings is 2. The van der Waals surface area contributed by atoms with Crippen molar-refractivity contribution in [3.8, 4) is 0 Å². The summed E-state index contributed by atoms with van der Waals surface area (Å²) in [6.45, 7) is 5.13. The molecule has 9 heteroatoms. The minimum atomic E-state index is -3.87. The van der Waals surface area contributed by atoms with E-state index in [1.807, 2.05) is 0 Å². The van der Waals surface area contributed by atoms with Crippen molar-refractivity contribution in [2.75, 3.05) is 11.6 Å². The van der Waals surface area contributed by atoms with Gasteiger partial charge in [0.2, 0.25) is 10.0 Å². The Labute approximate surface area is 159 Å². The van der Waals surface area contributed by atoms with E-state index < -0.39 is 31.3 Å². The maximum atomic E-state index is 12.6. The molecular formula is C18H22N2O5S2. The average Bonchev–Trinajstić information content (AvgIpc) is 2.52. The van der Waals surface area contributed by atoms with Crippen molar-refractivity contribution in [3.63, 3.8) is 0 Å². The molecule has 146 valence electrons. The van der Waals surface area contributed by atoms with Crippen LogP contribution >= 0.6 is 0 Å². The first-order valence-electron chi connectivity index (χ1n) is 8.04. The molecule has 2 aromatic carbocycles. The SMILES string of the molecule is CC(C)(C)NS(=O)(=O)c1ccccc1NC(=O)c1cccc(S(C)(=O)=O)c1. The Kier molecular flexibility index (Phi) is 5.79. The lowest BCUT2D eigenvalue weighted by molar-refractivity contribution is 0.102. The number of anilines is 1. The fourth-order valence-corrected chi connectivity index (χ4v) is 4.57. The molecule has 0 bridgehead atoms. The highest BCUT2D eigenvalue weighted by molar-refractivity contribution is 7.90. The van der Waals surface area contributed by atoms with Crippen LogP contribution in [-0.4, -0.2) is 34.5 Å². The van der Waals surface area contributed by atoms with Gasteiger partial charge in [0, 0.05) is 17.4 Å². The van der Waals surface area contributed by atoms with Gasteiger partial charge in [-0.2, -0.15) is 0 Å². The number of sulfonamides is 1. The van der Waals surface area contributed by atoms with E-state index in [1.54, 1.807) is 32.9 Å². The van der Waals surface area contributed by atoms with Gasteiger partial charge in [-0.05, 0) is 51.1 Å². The number of rotatable bonds is 5. The van der Waals surface area contributed by atoms with E-state index in [1.165, 1.54) is 36.4 Å². The lowest BCUT2D eigenvalue weighted by atomic mass is 10.1. The van der Waals surface area contributed by atoms with Gasteiger partial charge in [-0.15, -0.1) is 0 Å². The number of hydrogen-bond donors (Lipinski definition) is 2. The molecule has 1 amide bonds. The number of sulfone groups is 1. The molecule has 0 aliphatic heterocycles. The zero-order valence-electron chi connectivity index (χ0n) is 15.5. The minimum Gasteiger partial charge on any atom is -0.321 e. The standard InChI is InChI=1S/C18H22N2O5S2/c1-18(2,3)20-27(24,25)16-11-6-5-10-15(16)19-17(21)13-8-7-9-14(12-13)26(4,22)23/h5-12,20H,1-4H3,(H,19,21). The van der Waals surface area contributed by atoms with Crippen LogP contribution in [0.2, 0.25) is 0 Å². The summed E-state index contributed by atoms with van der Waals surface area (Å²) in [6.07, 6.45) is 1.05. The molecule has 0 radical (unpaired) electrons. The third-order valence-electron chi connectivity index (χ3n) is 3.39. The summed E-state index contributed by atoms with van der Waals surface area (Å²) in [5.41, 5.74) is -0.488. The van der Waals surface area contributed by atoms with Gasteiger partial charge in [-0.25, -0.2) is 21.6 Å². The number of hydrogen-bond acceptors (Lipinski definition) is 5. The number of carbonyl (C=O) groups is 1. The summed E-state index contributed by atoms with van der Waals surface area (Å²) in [4.78, 5) is 12.5. The summed E-state index contributed by atoms with van der Waals surface area (Å²) >= 11 is 0. The van der Waals surface area contributed by atoms with Crippen LogP contribution in [0.25, 0.3) is 0 Å². The molecule has 0 heterocycles. The normalized spacial score (nSPS) is 12.6. The van der Waals surface area contributed by atoms with Crippen LogP contribution in [-0.2, 0) is 19.9 Å². The van der Waals surface area contributed by atoms with Gasteiger partial charge in [-0.1, -0.05) is 18.2 Å². The van der Waals surface area contributed by atoms with Crippen molar-refractivity contribution in [3.05, 3.63) is 54.1 Å². The maximum absolute atomic E-state index is 12.6. The van der Waals surface area contributed by atoms with E-state index >= 15 is 0 Å². The van der Waals surface area contributed by atoms with Gasteiger partial charge in [-0.3, -0.25) is 4.79 Å². The summed E-state index contributed by atoms with van der Waals surface area (Å²) in [5.74, 6) is -0.612. The van der Waals surface area contributed by atoms with Crippen LogP contribution in [0, 0.1) is 0 Å². The summed E-state index contributed by atoms with van der Waals surface area (Å²) < 4.78 is 51.1. The Bertz CT molecular complexity index is 1070. The molecule has 7 nitrogen and oxygen atoms in total. The maximum Gasteiger partial charge on any atom is 0.255 e. The minimum absolute atomic E-state index is 0.00505. The molecule has 0 unspecified atom stereocenters. The van der Waals surface area contributed by atoms with Crippen LogP contribution < -0.4 is 10.0 Å². The van der Waals surface area contributed by atoms with E-state index in [-0.39, 0.29) is 21.0 Å². The fourth-order valence-electron chi connectivity index (χ4n) is 2.32. The lowest BCUT2D eigenvalue weighted by Crippen LogP contribution is -2.40. The van der Waals surface area contributed by atoms with Gasteiger partial charge in [0.1, 0.15) is 4.90 Å². The molecule has 2 N–H and O–H groups in total. The summed E-state index contributed by atoms with van der Waals surface area (Å²) in [7, 11) is -7.34. The second kappa shape index (κ2) is 7.41. The molecule has 0 aromatic heterocycles. The number of nitrogens with one attached hydrogen (secondary N) is 2. The van der Waals surface area contributed by atoms with E-state index in [4.69, 9.17) is 0 Å². The molecule has 0 aliphatic rings. The number of amides is 1. The topological polar surface area (TPSA) is 109 Å². The van der Waals surface area contributed by atoms with Gasteiger partial charge in [0.05, 0.1) is 10.6 Å². The molecule has 0 aliphatic carbocycles.